The van der Waals surface area contributed by atoms with Crippen LogP contribution in [0.3, 0.4) is 0 Å². The van der Waals surface area contributed by atoms with Crippen molar-refractivity contribution < 1.29 is 4.79 Å². The summed E-state index contributed by atoms with van der Waals surface area (Å²) in [5.74, 6) is 0.427. The van der Waals surface area contributed by atoms with Crippen molar-refractivity contribution in [1.82, 2.24) is 4.90 Å². The van der Waals surface area contributed by atoms with Gasteiger partial charge in [-0.15, -0.1) is 0 Å². The van der Waals surface area contributed by atoms with Crippen LogP contribution in [0.1, 0.15) is 31.7 Å². The van der Waals surface area contributed by atoms with Crippen molar-refractivity contribution in [2.75, 3.05) is 6.54 Å². The lowest BCUT2D eigenvalue weighted by Crippen LogP contribution is -2.36. The third-order valence-electron chi connectivity index (χ3n) is 3.57. The number of halogens is 1. The van der Waals surface area contributed by atoms with Crippen LogP contribution in [0, 0.1) is 5.92 Å². The average molecular weight is 278 g/mol. The van der Waals surface area contributed by atoms with Crippen LogP contribution in [0.5, 0.6) is 0 Å². The van der Waals surface area contributed by atoms with Gasteiger partial charge in [0.25, 0.3) is 0 Å². The molecule has 2 rings (SSSR count). The lowest BCUT2D eigenvalue weighted by Gasteiger charge is -2.27. The molecule has 0 fully saturated rings. The molecule has 1 aromatic carbocycles. The third-order valence-corrected chi connectivity index (χ3v) is 3.81. The van der Waals surface area contributed by atoms with Crippen LogP contribution in [0.25, 0.3) is 0 Å². The number of hydrogen-bond acceptors (Lipinski definition) is 1. The van der Waals surface area contributed by atoms with E-state index in [4.69, 9.17) is 11.6 Å². The molecule has 0 bridgehead atoms. The molecule has 1 aromatic rings. The number of rotatable bonds is 4. The number of nitrogens with zero attached hydrogens (tertiary/aromatic N) is 1. The number of amides is 1. The molecule has 0 aromatic heterocycles. The zero-order valence-electron chi connectivity index (χ0n) is 11.3. The summed E-state index contributed by atoms with van der Waals surface area (Å²) < 4.78 is 0. The molecule has 0 spiro atoms. The number of carbonyl (C=O) groups excluding carboxylic acids is 1. The highest BCUT2D eigenvalue weighted by atomic mass is 35.5. The van der Waals surface area contributed by atoms with Gasteiger partial charge in [0.1, 0.15) is 0 Å². The molecule has 1 amide bonds. The molecule has 0 saturated carbocycles. The molecule has 0 saturated heterocycles. The van der Waals surface area contributed by atoms with E-state index in [0.29, 0.717) is 6.54 Å². The molecular weight excluding hydrogens is 258 g/mol. The van der Waals surface area contributed by atoms with Gasteiger partial charge in [-0.2, -0.15) is 0 Å². The van der Waals surface area contributed by atoms with E-state index in [1.54, 1.807) is 0 Å². The number of allylic oxidation sites excluding steroid dienone is 2. The fourth-order valence-corrected chi connectivity index (χ4v) is 2.69. The van der Waals surface area contributed by atoms with Crippen molar-refractivity contribution in [2.24, 2.45) is 5.92 Å². The predicted molar refractivity (Wildman–Crippen MR) is 79.0 cm³/mol. The number of carbonyl (C=O) groups is 1. The van der Waals surface area contributed by atoms with Crippen LogP contribution >= 0.6 is 11.6 Å². The Bertz CT molecular complexity index is 470. The topological polar surface area (TPSA) is 20.3 Å². The van der Waals surface area contributed by atoms with Crippen molar-refractivity contribution in [3.8, 4) is 0 Å². The minimum Gasteiger partial charge on any atom is -0.338 e. The molecule has 2 nitrogen and oxygen atoms in total. The van der Waals surface area contributed by atoms with Crippen LogP contribution in [-0.2, 0) is 11.3 Å². The summed E-state index contributed by atoms with van der Waals surface area (Å²) in [6.45, 7) is 3.42. The highest BCUT2D eigenvalue weighted by molar-refractivity contribution is 6.30. The van der Waals surface area contributed by atoms with E-state index in [0.717, 1.165) is 36.4 Å². The summed E-state index contributed by atoms with van der Waals surface area (Å²) in [6, 6.07) is 7.73. The Morgan fingerprint density at radius 3 is 2.89 bits per heavy atom. The van der Waals surface area contributed by atoms with Gasteiger partial charge >= 0.3 is 0 Å². The number of benzene rings is 1. The van der Waals surface area contributed by atoms with Crippen molar-refractivity contribution in [3.63, 3.8) is 0 Å². The van der Waals surface area contributed by atoms with E-state index >= 15 is 0 Å². The fraction of sp³-hybridized carbons (Fsp3) is 0.438. The second-order valence-electron chi connectivity index (χ2n) is 4.96. The van der Waals surface area contributed by atoms with Crippen LogP contribution < -0.4 is 0 Å². The summed E-state index contributed by atoms with van der Waals surface area (Å²) in [5, 5.41) is 0.724. The average Bonchev–Trinajstić information content (AvgIpc) is 2.45. The SMILES string of the molecule is CCN(Cc1cccc(Cl)c1)C(=O)C1CC=CCC1. The fourth-order valence-electron chi connectivity index (χ4n) is 2.48. The Morgan fingerprint density at radius 2 is 2.26 bits per heavy atom. The van der Waals surface area contributed by atoms with Crippen molar-refractivity contribution >= 4 is 17.5 Å². The summed E-state index contributed by atoms with van der Waals surface area (Å²) in [7, 11) is 0. The van der Waals surface area contributed by atoms with Gasteiger partial charge in [-0.05, 0) is 43.9 Å². The maximum atomic E-state index is 12.5. The molecule has 1 unspecified atom stereocenters. The van der Waals surface area contributed by atoms with E-state index in [-0.39, 0.29) is 11.8 Å². The van der Waals surface area contributed by atoms with E-state index in [1.165, 1.54) is 0 Å². The minimum absolute atomic E-state index is 0.157. The summed E-state index contributed by atoms with van der Waals surface area (Å²) in [6.07, 6.45) is 7.16. The van der Waals surface area contributed by atoms with Crippen molar-refractivity contribution in [3.05, 3.63) is 47.0 Å². The van der Waals surface area contributed by atoms with Gasteiger partial charge in [-0.3, -0.25) is 4.79 Å². The zero-order chi connectivity index (χ0) is 13.7. The molecule has 0 N–H and O–H groups in total. The van der Waals surface area contributed by atoms with Gasteiger partial charge in [0.05, 0.1) is 0 Å². The molecule has 0 heterocycles. The van der Waals surface area contributed by atoms with Crippen LogP contribution in [0.15, 0.2) is 36.4 Å². The van der Waals surface area contributed by atoms with Crippen molar-refractivity contribution in [2.45, 2.75) is 32.7 Å². The van der Waals surface area contributed by atoms with Gasteiger partial charge in [0.15, 0.2) is 0 Å². The first-order valence-electron chi connectivity index (χ1n) is 6.89. The van der Waals surface area contributed by atoms with E-state index in [9.17, 15) is 4.79 Å². The maximum absolute atomic E-state index is 12.5. The lowest BCUT2D eigenvalue weighted by molar-refractivity contribution is -0.136. The standard InChI is InChI=1S/C16H20ClNO/c1-2-18(12-13-7-6-10-15(17)11-13)16(19)14-8-4-3-5-9-14/h3-4,6-7,10-11,14H,2,5,8-9,12H2,1H3. The Kier molecular flexibility index (Phi) is 5.03. The normalized spacial score (nSPS) is 18.3. The van der Waals surface area contributed by atoms with E-state index < -0.39 is 0 Å². The van der Waals surface area contributed by atoms with Crippen LogP contribution in [0.4, 0.5) is 0 Å². The predicted octanol–water partition coefficient (Wildman–Crippen LogP) is 4.04. The summed E-state index contributed by atoms with van der Waals surface area (Å²) in [4.78, 5) is 14.4. The minimum atomic E-state index is 0.157. The van der Waals surface area contributed by atoms with Gasteiger partial charge in [0, 0.05) is 24.0 Å². The van der Waals surface area contributed by atoms with Gasteiger partial charge in [-0.25, -0.2) is 0 Å². The van der Waals surface area contributed by atoms with Gasteiger partial charge in [0.2, 0.25) is 5.91 Å². The largest absolute Gasteiger partial charge is 0.338 e. The first kappa shape index (κ1) is 14.1. The van der Waals surface area contributed by atoms with Crippen LogP contribution in [-0.4, -0.2) is 17.4 Å². The highest BCUT2D eigenvalue weighted by Gasteiger charge is 2.23. The monoisotopic (exact) mass is 277 g/mol. The molecule has 1 aliphatic carbocycles. The summed E-state index contributed by atoms with van der Waals surface area (Å²) in [5.41, 5.74) is 1.09. The maximum Gasteiger partial charge on any atom is 0.226 e. The molecule has 0 radical (unpaired) electrons. The van der Waals surface area contributed by atoms with Gasteiger partial charge < -0.3 is 4.90 Å². The molecule has 19 heavy (non-hydrogen) atoms. The van der Waals surface area contributed by atoms with E-state index in [1.807, 2.05) is 36.1 Å². The number of hydrogen-bond donors (Lipinski definition) is 0. The Balaban J connectivity index is 2.03. The Hall–Kier alpha value is -1.28. The van der Waals surface area contributed by atoms with E-state index in [2.05, 4.69) is 12.2 Å². The second kappa shape index (κ2) is 6.76. The molecule has 1 atom stereocenters. The molecule has 1 aliphatic rings. The molecule has 0 aliphatic heterocycles. The van der Waals surface area contributed by atoms with Crippen LogP contribution in [0.2, 0.25) is 5.02 Å². The lowest BCUT2D eigenvalue weighted by atomic mass is 9.93. The third kappa shape index (κ3) is 3.84. The smallest absolute Gasteiger partial charge is 0.226 e. The molecule has 102 valence electrons. The first-order chi connectivity index (χ1) is 9.20. The van der Waals surface area contributed by atoms with Gasteiger partial charge in [-0.1, -0.05) is 35.9 Å². The second-order valence-corrected chi connectivity index (χ2v) is 5.40. The Labute approximate surface area is 120 Å². The molecule has 3 heteroatoms. The summed E-state index contributed by atoms with van der Waals surface area (Å²) >= 11 is 5.99. The zero-order valence-corrected chi connectivity index (χ0v) is 12.1. The highest BCUT2D eigenvalue weighted by Crippen LogP contribution is 2.22. The quantitative estimate of drug-likeness (QED) is 0.761. The Morgan fingerprint density at radius 1 is 1.42 bits per heavy atom. The van der Waals surface area contributed by atoms with Crippen molar-refractivity contribution in [1.29, 1.82) is 0 Å². The molecular formula is C16H20ClNO. The first-order valence-corrected chi connectivity index (χ1v) is 7.26.